The van der Waals surface area contributed by atoms with Crippen LogP contribution in [0.2, 0.25) is 0 Å². The Balaban J connectivity index is 1.59. The molecule has 4 nitrogen and oxygen atoms in total. The van der Waals surface area contributed by atoms with Crippen molar-refractivity contribution in [2.75, 3.05) is 45.1 Å². The van der Waals surface area contributed by atoms with Gasteiger partial charge in [0.25, 0.3) is 0 Å². The van der Waals surface area contributed by atoms with Crippen LogP contribution in [0.25, 0.3) is 0 Å². The average Bonchev–Trinajstić information content (AvgIpc) is 3.07. The molecule has 2 aliphatic rings. The highest BCUT2D eigenvalue weighted by Crippen LogP contribution is 2.40. The highest BCUT2D eigenvalue weighted by Gasteiger charge is 2.33. The number of carbonyl (C=O) groups is 1. The van der Waals surface area contributed by atoms with E-state index in [1.54, 1.807) is 23.1 Å². The van der Waals surface area contributed by atoms with Crippen LogP contribution in [0.5, 0.6) is 0 Å². The summed E-state index contributed by atoms with van der Waals surface area (Å²) in [7, 11) is 0. The first-order chi connectivity index (χ1) is 9.34. The normalized spacial score (nSPS) is 25.2. The Bertz CT molecular complexity index is 418. The Morgan fingerprint density at radius 2 is 2.16 bits per heavy atom. The second kappa shape index (κ2) is 6.26. The quantitative estimate of drug-likeness (QED) is 0.846. The SMILES string of the molecule is O=C1CSC(c2cccs2)N1CCN1CCOCC1. The van der Waals surface area contributed by atoms with E-state index in [-0.39, 0.29) is 11.3 Å². The molecule has 0 aliphatic carbocycles. The van der Waals surface area contributed by atoms with Gasteiger partial charge in [-0.3, -0.25) is 9.69 Å². The van der Waals surface area contributed by atoms with Crippen LogP contribution in [0.15, 0.2) is 17.5 Å². The summed E-state index contributed by atoms with van der Waals surface area (Å²) in [5.41, 5.74) is 0. The van der Waals surface area contributed by atoms with Crippen molar-refractivity contribution < 1.29 is 9.53 Å². The van der Waals surface area contributed by atoms with Gasteiger partial charge in [-0.05, 0) is 11.4 Å². The van der Waals surface area contributed by atoms with E-state index < -0.39 is 0 Å². The number of carbonyl (C=O) groups excluding carboxylic acids is 1. The second-order valence-electron chi connectivity index (χ2n) is 4.72. The number of hydrogen-bond donors (Lipinski definition) is 0. The van der Waals surface area contributed by atoms with Crippen LogP contribution >= 0.6 is 23.1 Å². The highest BCUT2D eigenvalue weighted by atomic mass is 32.2. The van der Waals surface area contributed by atoms with Gasteiger partial charge < -0.3 is 9.64 Å². The first kappa shape index (κ1) is 13.4. The molecular formula is C13H18N2O2S2. The predicted octanol–water partition coefficient (Wildman–Crippen LogP) is 1.65. The second-order valence-corrected chi connectivity index (χ2v) is 6.77. The Morgan fingerprint density at radius 1 is 1.32 bits per heavy atom. The highest BCUT2D eigenvalue weighted by molar-refractivity contribution is 8.00. The molecule has 1 atom stereocenters. The van der Waals surface area contributed by atoms with Crippen LogP contribution < -0.4 is 0 Å². The number of hydrogen-bond acceptors (Lipinski definition) is 5. The van der Waals surface area contributed by atoms with E-state index in [9.17, 15) is 4.79 Å². The summed E-state index contributed by atoms with van der Waals surface area (Å²) in [4.78, 5) is 17.7. The van der Waals surface area contributed by atoms with E-state index in [1.165, 1.54) is 4.88 Å². The maximum Gasteiger partial charge on any atom is 0.233 e. The third-order valence-corrected chi connectivity index (χ3v) is 5.83. The minimum atomic E-state index is 0.230. The maximum absolute atomic E-state index is 12.0. The van der Waals surface area contributed by atoms with Crippen LogP contribution in [0.3, 0.4) is 0 Å². The van der Waals surface area contributed by atoms with Crippen molar-refractivity contribution in [3.05, 3.63) is 22.4 Å². The summed E-state index contributed by atoms with van der Waals surface area (Å²) >= 11 is 3.49. The molecule has 19 heavy (non-hydrogen) atoms. The van der Waals surface area contributed by atoms with Gasteiger partial charge in [0.1, 0.15) is 5.37 Å². The van der Waals surface area contributed by atoms with Crippen LogP contribution in [-0.2, 0) is 9.53 Å². The molecule has 2 aliphatic heterocycles. The first-order valence-corrected chi connectivity index (χ1v) is 8.52. The molecule has 1 aromatic heterocycles. The minimum absolute atomic E-state index is 0.230. The van der Waals surface area contributed by atoms with Crippen LogP contribution in [0.4, 0.5) is 0 Å². The van der Waals surface area contributed by atoms with E-state index in [2.05, 4.69) is 22.4 Å². The van der Waals surface area contributed by atoms with Crippen molar-refractivity contribution >= 4 is 29.0 Å². The van der Waals surface area contributed by atoms with Crippen LogP contribution in [0.1, 0.15) is 10.3 Å². The van der Waals surface area contributed by atoms with Gasteiger partial charge in [-0.1, -0.05) is 6.07 Å². The molecule has 1 amide bonds. The molecule has 2 fully saturated rings. The molecule has 1 unspecified atom stereocenters. The molecular weight excluding hydrogens is 280 g/mol. The fourth-order valence-electron chi connectivity index (χ4n) is 2.44. The lowest BCUT2D eigenvalue weighted by Gasteiger charge is -2.30. The van der Waals surface area contributed by atoms with E-state index >= 15 is 0 Å². The van der Waals surface area contributed by atoms with E-state index in [0.717, 1.165) is 39.4 Å². The number of rotatable bonds is 4. The van der Waals surface area contributed by atoms with Crippen molar-refractivity contribution in [1.29, 1.82) is 0 Å². The van der Waals surface area contributed by atoms with Gasteiger partial charge in [-0.15, -0.1) is 23.1 Å². The maximum atomic E-state index is 12.0. The standard InChI is InChI=1S/C13H18N2O2S2/c16-12-10-19-13(11-2-1-9-18-11)15(12)4-3-14-5-7-17-8-6-14/h1-2,9,13H,3-8,10H2. The molecule has 6 heteroatoms. The zero-order valence-electron chi connectivity index (χ0n) is 10.8. The molecule has 0 bridgehead atoms. The van der Waals surface area contributed by atoms with Crippen LogP contribution in [-0.4, -0.2) is 60.9 Å². The third kappa shape index (κ3) is 3.13. The lowest BCUT2D eigenvalue weighted by Crippen LogP contribution is -2.42. The van der Waals surface area contributed by atoms with E-state index in [4.69, 9.17) is 4.74 Å². The molecule has 1 aromatic rings. The molecule has 0 N–H and O–H groups in total. The summed E-state index contributed by atoms with van der Waals surface area (Å²) in [5.74, 6) is 0.891. The summed E-state index contributed by atoms with van der Waals surface area (Å²) in [6, 6.07) is 4.19. The Morgan fingerprint density at radius 3 is 2.89 bits per heavy atom. The smallest absolute Gasteiger partial charge is 0.233 e. The van der Waals surface area contributed by atoms with Gasteiger partial charge in [0.05, 0.1) is 19.0 Å². The molecule has 3 rings (SSSR count). The van der Waals surface area contributed by atoms with Crippen LogP contribution in [0, 0.1) is 0 Å². The molecule has 0 aromatic carbocycles. The lowest BCUT2D eigenvalue weighted by molar-refractivity contribution is -0.128. The summed E-state index contributed by atoms with van der Waals surface area (Å²) in [6.07, 6.45) is 0. The van der Waals surface area contributed by atoms with Crippen molar-refractivity contribution in [1.82, 2.24) is 9.80 Å². The lowest BCUT2D eigenvalue weighted by atomic mass is 10.3. The monoisotopic (exact) mass is 298 g/mol. The van der Waals surface area contributed by atoms with Gasteiger partial charge in [-0.2, -0.15) is 0 Å². The topological polar surface area (TPSA) is 32.8 Å². The number of morpholine rings is 1. The Kier molecular flexibility index (Phi) is 4.42. The fraction of sp³-hybridized carbons (Fsp3) is 0.615. The van der Waals surface area contributed by atoms with Crippen molar-refractivity contribution in [3.63, 3.8) is 0 Å². The predicted molar refractivity (Wildman–Crippen MR) is 78.5 cm³/mol. The van der Waals surface area contributed by atoms with Gasteiger partial charge >= 0.3 is 0 Å². The molecule has 0 saturated carbocycles. The molecule has 0 spiro atoms. The molecule has 3 heterocycles. The van der Waals surface area contributed by atoms with E-state index in [1.807, 2.05) is 4.90 Å². The van der Waals surface area contributed by atoms with Gasteiger partial charge in [0.2, 0.25) is 5.91 Å². The first-order valence-electron chi connectivity index (χ1n) is 6.59. The van der Waals surface area contributed by atoms with Crippen molar-refractivity contribution in [2.24, 2.45) is 0 Å². The number of thioether (sulfide) groups is 1. The van der Waals surface area contributed by atoms with Gasteiger partial charge in [0, 0.05) is 31.1 Å². The number of amides is 1. The fourth-order valence-corrected chi connectivity index (χ4v) is 4.64. The largest absolute Gasteiger partial charge is 0.379 e. The summed E-state index contributed by atoms with van der Waals surface area (Å²) in [6.45, 7) is 5.39. The molecule has 2 saturated heterocycles. The number of thiophene rings is 1. The molecule has 104 valence electrons. The number of ether oxygens (including phenoxy) is 1. The van der Waals surface area contributed by atoms with Crippen molar-refractivity contribution in [3.8, 4) is 0 Å². The zero-order valence-corrected chi connectivity index (χ0v) is 12.4. The summed E-state index contributed by atoms with van der Waals surface area (Å²) in [5, 5.41) is 2.31. The zero-order chi connectivity index (χ0) is 13.1. The summed E-state index contributed by atoms with van der Waals surface area (Å²) < 4.78 is 5.35. The van der Waals surface area contributed by atoms with Gasteiger partial charge in [-0.25, -0.2) is 0 Å². The number of nitrogens with zero attached hydrogens (tertiary/aromatic N) is 2. The minimum Gasteiger partial charge on any atom is -0.379 e. The van der Waals surface area contributed by atoms with Crippen molar-refractivity contribution in [2.45, 2.75) is 5.37 Å². The van der Waals surface area contributed by atoms with E-state index in [0.29, 0.717) is 5.75 Å². The average molecular weight is 298 g/mol. The Hall–Kier alpha value is -0.560. The Labute approximate surface area is 121 Å². The third-order valence-electron chi connectivity index (χ3n) is 3.52. The van der Waals surface area contributed by atoms with Gasteiger partial charge in [0.15, 0.2) is 0 Å². The molecule has 0 radical (unpaired) electrons.